The molecule has 0 spiro atoms. The van der Waals surface area contributed by atoms with Gasteiger partial charge in [-0.1, -0.05) is 24.3 Å². The van der Waals surface area contributed by atoms with Crippen molar-refractivity contribution in [1.29, 1.82) is 0 Å². The minimum atomic E-state index is -4.41. The van der Waals surface area contributed by atoms with E-state index in [9.17, 15) is 18.0 Å². The maximum absolute atomic E-state index is 12.1. The highest BCUT2D eigenvalue weighted by Gasteiger charge is 2.28. The van der Waals surface area contributed by atoms with Gasteiger partial charge >= 0.3 is 6.18 Å². The number of para-hydroxylation sites is 1. The van der Waals surface area contributed by atoms with Crippen LogP contribution in [0.15, 0.2) is 48.7 Å². The molecule has 0 aliphatic heterocycles. The van der Waals surface area contributed by atoms with Crippen LogP contribution >= 0.6 is 0 Å². The number of carbonyl (C=O) groups excluding carboxylic acids is 1. The zero-order valence-corrected chi connectivity index (χ0v) is 13.1. The van der Waals surface area contributed by atoms with E-state index in [0.717, 1.165) is 0 Å². The molecule has 0 fully saturated rings. The van der Waals surface area contributed by atoms with Crippen molar-refractivity contribution < 1.29 is 22.7 Å². The molecule has 8 heteroatoms. The van der Waals surface area contributed by atoms with E-state index in [4.69, 9.17) is 0 Å². The van der Waals surface area contributed by atoms with Crippen LogP contribution in [-0.4, -0.2) is 38.8 Å². The molecule has 0 saturated carbocycles. The summed E-state index contributed by atoms with van der Waals surface area (Å²) in [7, 11) is 0. The van der Waals surface area contributed by atoms with Crippen LogP contribution in [0.5, 0.6) is 5.88 Å². The summed E-state index contributed by atoms with van der Waals surface area (Å²) in [5, 5.41) is 0. The van der Waals surface area contributed by atoms with E-state index in [-0.39, 0.29) is 17.2 Å². The van der Waals surface area contributed by atoms with E-state index in [0.29, 0.717) is 11.3 Å². The van der Waals surface area contributed by atoms with E-state index < -0.39 is 12.8 Å². The number of nitrogens with zero attached hydrogens (tertiary/aromatic N) is 2. The number of hydrogen-bond acceptors (Lipinski definition) is 3. The molecule has 0 saturated heterocycles. The molecule has 0 aliphatic carbocycles. The van der Waals surface area contributed by atoms with Crippen molar-refractivity contribution in [3.05, 3.63) is 54.2 Å². The molecular weight excluding hydrogens is 324 g/mol. The predicted octanol–water partition coefficient (Wildman–Crippen LogP) is 3.32. The molecule has 2 radical (unpaired) electrons. The second-order valence-electron chi connectivity index (χ2n) is 4.67. The number of ether oxygens (including phenoxy) is 1. The number of anilines is 1. The fraction of sp³-hybridized carbons (Fsp3) is 0.200. The van der Waals surface area contributed by atoms with Crippen molar-refractivity contribution in [1.82, 2.24) is 4.98 Å². The lowest BCUT2D eigenvalue weighted by atomic mass is 10.2. The maximum Gasteiger partial charge on any atom is 0.422 e. The third-order valence-electron chi connectivity index (χ3n) is 2.86. The third kappa shape index (κ3) is 5.58. The van der Waals surface area contributed by atoms with Crippen molar-refractivity contribution in [3.63, 3.8) is 0 Å². The Morgan fingerprint density at radius 3 is 2.39 bits per heavy atom. The number of benzene rings is 1. The van der Waals surface area contributed by atoms with Crippen LogP contribution in [0, 0.1) is 0 Å². The molecule has 0 atom stereocenters. The van der Waals surface area contributed by atoms with Gasteiger partial charge in [-0.25, -0.2) is 4.98 Å². The van der Waals surface area contributed by atoms with Gasteiger partial charge in [0.2, 0.25) is 5.88 Å². The molecule has 0 N–H and O–H groups in total. The molecule has 1 aromatic carbocycles. The SMILES string of the molecule is O=[C]([Al])N(Cc1ccc(OCC(F)(F)F)nc1)c1ccccc1. The number of halogens is 3. The minimum absolute atomic E-state index is 0.116. The number of aromatic nitrogens is 1. The van der Waals surface area contributed by atoms with E-state index in [1.54, 1.807) is 18.2 Å². The monoisotopic (exact) mass is 336 g/mol. The van der Waals surface area contributed by atoms with Gasteiger partial charge in [0.1, 0.15) is 4.77 Å². The molecule has 2 rings (SSSR count). The molecule has 118 valence electrons. The molecule has 0 aliphatic rings. The lowest BCUT2D eigenvalue weighted by molar-refractivity contribution is -0.154. The molecule has 1 amide bonds. The number of alkyl halides is 3. The Bertz CT molecular complexity index is 648. The van der Waals surface area contributed by atoms with Gasteiger partial charge in [0, 0.05) is 18.0 Å². The molecular formula is C15H12AlF3N2O2. The van der Waals surface area contributed by atoms with Crippen LogP contribution in [0.25, 0.3) is 0 Å². The standard InChI is InChI=1S/C15H12F3N2O2.Al/c16-15(17,18)10-22-14-7-6-12(8-19-14)9-20(11-21)13-4-2-1-3-5-13;/h1-8H,9-10H2;. The van der Waals surface area contributed by atoms with Gasteiger partial charge in [0.05, 0.1) is 6.54 Å². The van der Waals surface area contributed by atoms with Crippen LogP contribution in [0.3, 0.4) is 0 Å². The van der Waals surface area contributed by atoms with E-state index in [2.05, 4.69) is 26.0 Å². The first-order chi connectivity index (χ1) is 10.8. The summed E-state index contributed by atoms with van der Waals surface area (Å²) in [6.07, 6.45) is -3.02. The number of pyridine rings is 1. The lowest BCUT2D eigenvalue weighted by Gasteiger charge is -2.22. The van der Waals surface area contributed by atoms with E-state index in [1.807, 2.05) is 18.2 Å². The van der Waals surface area contributed by atoms with E-state index >= 15 is 0 Å². The van der Waals surface area contributed by atoms with Gasteiger partial charge in [-0.3, -0.25) is 0 Å². The molecule has 4 nitrogen and oxygen atoms in total. The first kappa shape index (κ1) is 17.3. The highest BCUT2D eigenvalue weighted by atomic mass is 27.0. The third-order valence-corrected chi connectivity index (χ3v) is 3.17. The summed E-state index contributed by atoms with van der Waals surface area (Å²) in [5.74, 6) is -0.116. The molecule has 1 aromatic heterocycles. The average Bonchev–Trinajstić information content (AvgIpc) is 2.51. The Morgan fingerprint density at radius 2 is 1.87 bits per heavy atom. The normalized spacial score (nSPS) is 11.1. The highest BCUT2D eigenvalue weighted by Crippen LogP contribution is 2.19. The fourth-order valence-electron chi connectivity index (χ4n) is 1.83. The Labute approximate surface area is 139 Å². The maximum atomic E-state index is 12.1. The van der Waals surface area contributed by atoms with Gasteiger partial charge in [0.25, 0.3) is 16.3 Å². The smallest absolute Gasteiger partial charge is 0.422 e. The van der Waals surface area contributed by atoms with Gasteiger partial charge in [0.15, 0.2) is 6.61 Å². The van der Waals surface area contributed by atoms with Gasteiger partial charge in [-0.05, 0) is 17.7 Å². The number of carbonyl (C=O) groups is 1. The first-order valence-corrected chi connectivity index (χ1v) is 7.19. The zero-order chi connectivity index (χ0) is 16.9. The highest BCUT2D eigenvalue weighted by molar-refractivity contribution is 6.60. The topological polar surface area (TPSA) is 42.4 Å². The minimum Gasteiger partial charge on any atom is -0.468 e. The van der Waals surface area contributed by atoms with Crippen molar-refractivity contribution in [3.8, 4) is 5.88 Å². The largest absolute Gasteiger partial charge is 0.468 e. The lowest BCUT2D eigenvalue weighted by Crippen LogP contribution is -2.29. The molecule has 1 heterocycles. The Hall–Kier alpha value is -2.04. The van der Waals surface area contributed by atoms with Gasteiger partial charge in [-0.2, -0.15) is 13.2 Å². The molecule has 23 heavy (non-hydrogen) atoms. The summed E-state index contributed by atoms with van der Waals surface area (Å²) < 4.78 is 40.5. The first-order valence-electron chi connectivity index (χ1n) is 6.61. The molecule has 0 unspecified atom stereocenters. The number of amides is 1. The second kappa shape index (κ2) is 7.49. The van der Waals surface area contributed by atoms with Crippen LogP contribution < -0.4 is 9.64 Å². The second-order valence-corrected chi connectivity index (χ2v) is 5.16. The van der Waals surface area contributed by atoms with Crippen molar-refractivity contribution >= 4 is 26.7 Å². The fourth-order valence-corrected chi connectivity index (χ4v) is 2.07. The summed E-state index contributed by atoms with van der Waals surface area (Å²) in [5.41, 5.74) is 1.38. The summed E-state index contributed by atoms with van der Waals surface area (Å²) in [6.45, 7) is -1.14. The summed E-state index contributed by atoms with van der Waals surface area (Å²) >= 11 is 2.10. The van der Waals surface area contributed by atoms with Gasteiger partial charge < -0.3 is 14.4 Å². The van der Waals surface area contributed by atoms with Crippen LogP contribution in [-0.2, 0) is 6.54 Å². The Morgan fingerprint density at radius 1 is 1.17 bits per heavy atom. The Kier molecular flexibility index (Phi) is 5.64. The van der Waals surface area contributed by atoms with Gasteiger partial charge in [-0.15, -0.1) is 0 Å². The Balaban J connectivity index is 2.05. The average molecular weight is 336 g/mol. The summed E-state index contributed by atoms with van der Waals surface area (Å²) in [4.78, 5) is 17.1. The number of rotatable bonds is 5. The van der Waals surface area contributed by atoms with Crippen LogP contribution in [0.4, 0.5) is 23.7 Å². The van der Waals surface area contributed by atoms with Crippen molar-refractivity contribution in [2.45, 2.75) is 12.7 Å². The van der Waals surface area contributed by atoms with Crippen LogP contribution in [0.1, 0.15) is 5.56 Å². The zero-order valence-electron chi connectivity index (χ0n) is 12.0. The molecule has 0 bridgehead atoms. The number of hydrogen-bond donors (Lipinski definition) is 0. The van der Waals surface area contributed by atoms with Crippen molar-refractivity contribution in [2.24, 2.45) is 0 Å². The van der Waals surface area contributed by atoms with Crippen molar-refractivity contribution in [2.75, 3.05) is 11.5 Å². The van der Waals surface area contributed by atoms with E-state index in [1.165, 1.54) is 17.2 Å². The molecule has 2 aromatic rings. The summed E-state index contributed by atoms with van der Waals surface area (Å²) in [6, 6.07) is 11.9. The van der Waals surface area contributed by atoms with Crippen LogP contribution in [0.2, 0.25) is 0 Å². The predicted molar refractivity (Wildman–Crippen MR) is 79.6 cm³/mol. The quantitative estimate of drug-likeness (QED) is 0.787.